The number of nitrogens with zero attached hydrogens (tertiary/aromatic N) is 3. The Labute approximate surface area is 107 Å². The molecule has 0 amide bonds. The lowest BCUT2D eigenvalue weighted by Gasteiger charge is -2.04. The molecular formula is C11H12N6S. The number of fused-ring (bicyclic) bond motifs is 1. The van der Waals surface area contributed by atoms with Gasteiger partial charge in [-0.15, -0.1) is 11.3 Å². The average Bonchev–Trinajstić information content (AvgIpc) is 3.04. The zero-order valence-electron chi connectivity index (χ0n) is 9.55. The van der Waals surface area contributed by atoms with Crippen LogP contribution in [0.4, 0.5) is 5.82 Å². The molecule has 3 rings (SSSR count). The average molecular weight is 260 g/mol. The number of rotatable bonds is 4. The molecule has 3 heterocycles. The van der Waals surface area contributed by atoms with Gasteiger partial charge in [-0.25, -0.2) is 9.97 Å². The summed E-state index contributed by atoms with van der Waals surface area (Å²) < 4.78 is 0. The largest absolute Gasteiger partial charge is 0.368 e. The van der Waals surface area contributed by atoms with Gasteiger partial charge in [0.2, 0.25) is 0 Å². The molecule has 0 atom stereocenters. The predicted octanol–water partition coefficient (Wildman–Crippen LogP) is 1.45. The third-order valence-corrected chi connectivity index (χ3v) is 3.44. The lowest BCUT2D eigenvalue weighted by molar-refractivity contribution is 1.01. The summed E-state index contributed by atoms with van der Waals surface area (Å²) in [5.41, 5.74) is 7.11. The molecule has 0 fully saturated rings. The topological polar surface area (TPSA) is 92.5 Å². The van der Waals surface area contributed by atoms with Crippen LogP contribution in [-0.4, -0.2) is 33.3 Å². The Morgan fingerprint density at radius 1 is 1.39 bits per heavy atom. The van der Waals surface area contributed by atoms with Crippen LogP contribution in [0, 0.1) is 0 Å². The number of aromatic amines is 1. The van der Waals surface area contributed by atoms with Crippen LogP contribution in [-0.2, 0) is 0 Å². The van der Waals surface area contributed by atoms with Crippen LogP contribution in [0.2, 0.25) is 0 Å². The van der Waals surface area contributed by atoms with E-state index in [9.17, 15) is 0 Å². The Bertz CT molecular complexity index is 645. The summed E-state index contributed by atoms with van der Waals surface area (Å²) in [4.78, 5) is 9.53. The van der Waals surface area contributed by atoms with Gasteiger partial charge in [-0.2, -0.15) is 5.10 Å². The molecule has 4 N–H and O–H groups in total. The Kier molecular flexibility index (Phi) is 2.91. The number of hydrogen-bond donors (Lipinski definition) is 3. The fraction of sp³-hybridized carbons (Fsp3) is 0.182. The molecule has 7 heteroatoms. The Hall–Kier alpha value is -1.99. The molecule has 0 aromatic carbocycles. The molecule has 0 saturated heterocycles. The van der Waals surface area contributed by atoms with Gasteiger partial charge in [-0.05, 0) is 11.4 Å². The first-order valence-electron chi connectivity index (χ1n) is 5.57. The van der Waals surface area contributed by atoms with Crippen molar-refractivity contribution in [1.29, 1.82) is 0 Å². The molecular weight excluding hydrogens is 248 g/mol. The van der Waals surface area contributed by atoms with Gasteiger partial charge < -0.3 is 11.1 Å². The monoisotopic (exact) mass is 260 g/mol. The van der Waals surface area contributed by atoms with Crippen molar-refractivity contribution in [3.63, 3.8) is 0 Å². The molecule has 0 unspecified atom stereocenters. The molecule has 0 spiro atoms. The molecule has 0 radical (unpaired) electrons. The van der Waals surface area contributed by atoms with Gasteiger partial charge >= 0.3 is 0 Å². The van der Waals surface area contributed by atoms with Gasteiger partial charge in [0.15, 0.2) is 5.65 Å². The second kappa shape index (κ2) is 4.71. The van der Waals surface area contributed by atoms with Crippen molar-refractivity contribution in [2.45, 2.75) is 0 Å². The fourth-order valence-corrected chi connectivity index (χ4v) is 2.51. The van der Waals surface area contributed by atoms with E-state index in [2.05, 4.69) is 25.5 Å². The van der Waals surface area contributed by atoms with Crippen LogP contribution in [0.25, 0.3) is 21.6 Å². The summed E-state index contributed by atoms with van der Waals surface area (Å²) in [6.45, 7) is 1.22. The Balaban J connectivity index is 2.15. The van der Waals surface area contributed by atoms with E-state index in [0.29, 0.717) is 18.7 Å². The van der Waals surface area contributed by atoms with Crippen molar-refractivity contribution in [3.8, 4) is 10.6 Å². The summed E-state index contributed by atoms with van der Waals surface area (Å²) in [6.07, 6.45) is 1.50. The maximum Gasteiger partial charge on any atom is 0.186 e. The van der Waals surface area contributed by atoms with E-state index in [-0.39, 0.29) is 0 Å². The van der Waals surface area contributed by atoms with Gasteiger partial charge in [0.05, 0.1) is 16.0 Å². The third-order valence-electron chi connectivity index (χ3n) is 2.56. The molecule has 3 aromatic heterocycles. The summed E-state index contributed by atoms with van der Waals surface area (Å²) in [5, 5.41) is 13.4. The number of aromatic nitrogens is 4. The van der Waals surface area contributed by atoms with E-state index in [1.54, 1.807) is 11.3 Å². The van der Waals surface area contributed by atoms with Crippen LogP contribution >= 0.6 is 11.3 Å². The van der Waals surface area contributed by atoms with E-state index in [1.165, 1.54) is 6.33 Å². The zero-order chi connectivity index (χ0) is 12.4. The van der Waals surface area contributed by atoms with Gasteiger partial charge in [-0.1, -0.05) is 6.07 Å². The van der Waals surface area contributed by atoms with Crippen LogP contribution in [0.5, 0.6) is 0 Å². The molecule has 6 nitrogen and oxygen atoms in total. The second-order valence-electron chi connectivity index (χ2n) is 3.71. The lowest BCUT2D eigenvalue weighted by Crippen LogP contribution is -2.14. The minimum absolute atomic E-state index is 0.553. The summed E-state index contributed by atoms with van der Waals surface area (Å²) >= 11 is 1.65. The first-order chi connectivity index (χ1) is 8.90. The minimum Gasteiger partial charge on any atom is -0.368 e. The summed E-state index contributed by atoms with van der Waals surface area (Å²) in [5.74, 6) is 0.766. The van der Waals surface area contributed by atoms with Crippen molar-refractivity contribution in [3.05, 3.63) is 23.8 Å². The summed E-state index contributed by atoms with van der Waals surface area (Å²) in [7, 11) is 0. The number of hydrogen-bond acceptors (Lipinski definition) is 6. The minimum atomic E-state index is 0.553. The van der Waals surface area contributed by atoms with E-state index < -0.39 is 0 Å². The SMILES string of the molecule is NCCNc1ncnc2n[nH]c(-c3cccs3)c12. The highest BCUT2D eigenvalue weighted by molar-refractivity contribution is 7.13. The lowest BCUT2D eigenvalue weighted by atomic mass is 10.2. The molecule has 3 aromatic rings. The fourth-order valence-electron chi connectivity index (χ4n) is 1.78. The van der Waals surface area contributed by atoms with Crippen molar-refractivity contribution >= 4 is 28.2 Å². The van der Waals surface area contributed by atoms with Crippen LogP contribution in [0.3, 0.4) is 0 Å². The molecule has 0 aliphatic carbocycles. The predicted molar refractivity (Wildman–Crippen MR) is 72.5 cm³/mol. The number of nitrogens with two attached hydrogens (primary N) is 1. The number of H-pyrrole nitrogens is 1. The van der Waals surface area contributed by atoms with Crippen molar-refractivity contribution in [2.24, 2.45) is 5.73 Å². The van der Waals surface area contributed by atoms with Crippen molar-refractivity contribution in [2.75, 3.05) is 18.4 Å². The first-order valence-corrected chi connectivity index (χ1v) is 6.45. The highest BCUT2D eigenvalue weighted by atomic mass is 32.1. The molecule has 0 aliphatic rings. The van der Waals surface area contributed by atoms with E-state index in [1.807, 2.05) is 17.5 Å². The molecule has 0 aliphatic heterocycles. The van der Waals surface area contributed by atoms with E-state index in [0.717, 1.165) is 21.8 Å². The van der Waals surface area contributed by atoms with Crippen molar-refractivity contribution < 1.29 is 0 Å². The highest BCUT2D eigenvalue weighted by Crippen LogP contribution is 2.32. The molecule has 0 saturated carbocycles. The molecule has 0 bridgehead atoms. The second-order valence-corrected chi connectivity index (χ2v) is 4.66. The standard InChI is InChI=1S/C11H12N6S/c12-3-4-13-10-8-9(7-2-1-5-18-7)16-17-11(8)15-6-14-10/h1-2,5-6H,3-4,12H2,(H2,13,14,15,16,17). The Morgan fingerprint density at radius 2 is 2.33 bits per heavy atom. The van der Waals surface area contributed by atoms with Gasteiger partial charge in [-0.3, -0.25) is 5.10 Å². The normalized spacial score (nSPS) is 10.9. The molecule has 92 valence electrons. The van der Waals surface area contributed by atoms with E-state index in [4.69, 9.17) is 5.73 Å². The third kappa shape index (κ3) is 1.83. The maximum atomic E-state index is 5.50. The number of anilines is 1. The Morgan fingerprint density at radius 3 is 3.11 bits per heavy atom. The maximum absolute atomic E-state index is 5.50. The van der Waals surface area contributed by atoms with Crippen LogP contribution in [0.15, 0.2) is 23.8 Å². The van der Waals surface area contributed by atoms with E-state index >= 15 is 0 Å². The highest BCUT2D eigenvalue weighted by Gasteiger charge is 2.14. The van der Waals surface area contributed by atoms with Gasteiger partial charge in [0.1, 0.15) is 12.1 Å². The quantitative estimate of drug-likeness (QED) is 0.660. The first kappa shape index (κ1) is 11.1. The smallest absolute Gasteiger partial charge is 0.186 e. The zero-order valence-corrected chi connectivity index (χ0v) is 10.4. The summed E-state index contributed by atoms with van der Waals surface area (Å²) in [6, 6.07) is 4.04. The molecule has 18 heavy (non-hydrogen) atoms. The number of thiophene rings is 1. The van der Waals surface area contributed by atoms with Gasteiger partial charge in [0, 0.05) is 13.1 Å². The van der Waals surface area contributed by atoms with Crippen LogP contribution in [0.1, 0.15) is 0 Å². The van der Waals surface area contributed by atoms with Gasteiger partial charge in [0.25, 0.3) is 0 Å². The number of nitrogens with one attached hydrogen (secondary N) is 2. The van der Waals surface area contributed by atoms with Crippen molar-refractivity contribution in [1.82, 2.24) is 20.2 Å². The van der Waals surface area contributed by atoms with Crippen LogP contribution < -0.4 is 11.1 Å².